The third-order valence-electron chi connectivity index (χ3n) is 3.06. The van der Waals surface area contributed by atoms with Gasteiger partial charge in [-0.3, -0.25) is 0 Å². The van der Waals surface area contributed by atoms with E-state index in [2.05, 4.69) is 20.8 Å². The second-order valence-electron chi connectivity index (χ2n) is 5.18. The van der Waals surface area contributed by atoms with Crippen LogP contribution in [-0.2, 0) is 9.47 Å². The summed E-state index contributed by atoms with van der Waals surface area (Å²) in [7, 11) is 3.43. The van der Waals surface area contributed by atoms with Crippen LogP contribution in [0.5, 0.6) is 0 Å². The average molecular weight is 216 g/mol. The van der Waals surface area contributed by atoms with E-state index >= 15 is 0 Å². The van der Waals surface area contributed by atoms with Crippen LogP contribution in [0.15, 0.2) is 0 Å². The second kappa shape index (κ2) is 7.24. The minimum absolute atomic E-state index is 0.406. The molecule has 0 N–H and O–H groups in total. The van der Waals surface area contributed by atoms with Gasteiger partial charge in [0.1, 0.15) is 0 Å². The molecule has 0 spiro atoms. The lowest BCUT2D eigenvalue weighted by Gasteiger charge is -2.29. The molecule has 92 valence electrons. The zero-order valence-corrected chi connectivity index (χ0v) is 11.3. The van der Waals surface area contributed by atoms with Crippen molar-refractivity contribution in [2.45, 2.75) is 59.2 Å². The quantitative estimate of drug-likeness (QED) is 0.574. The van der Waals surface area contributed by atoms with Crippen molar-refractivity contribution in [2.24, 2.45) is 11.8 Å². The first-order valence-corrected chi connectivity index (χ1v) is 6.04. The Kier molecular flexibility index (Phi) is 7.20. The van der Waals surface area contributed by atoms with Gasteiger partial charge in [0.25, 0.3) is 0 Å². The Morgan fingerprint density at radius 2 is 1.53 bits per heavy atom. The van der Waals surface area contributed by atoms with Crippen molar-refractivity contribution in [2.75, 3.05) is 14.2 Å². The van der Waals surface area contributed by atoms with Crippen LogP contribution in [-0.4, -0.2) is 20.0 Å². The first-order chi connectivity index (χ1) is 6.93. The summed E-state index contributed by atoms with van der Waals surface area (Å²) in [6.07, 6.45) is 4.86. The first kappa shape index (κ1) is 14.9. The van der Waals surface area contributed by atoms with Crippen LogP contribution in [0.3, 0.4) is 0 Å². The molecule has 0 aliphatic carbocycles. The predicted octanol–water partition coefficient (Wildman–Crippen LogP) is 3.85. The molecule has 0 heterocycles. The van der Waals surface area contributed by atoms with Crippen LogP contribution >= 0.6 is 0 Å². The zero-order valence-electron chi connectivity index (χ0n) is 11.3. The highest BCUT2D eigenvalue weighted by Crippen LogP contribution is 2.24. The molecule has 0 amide bonds. The third kappa shape index (κ3) is 6.91. The van der Waals surface area contributed by atoms with Crippen molar-refractivity contribution in [3.63, 3.8) is 0 Å². The molecule has 15 heavy (non-hydrogen) atoms. The van der Waals surface area contributed by atoms with E-state index in [1.165, 1.54) is 19.3 Å². The molecule has 2 nitrogen and oxygen atoms in total. The fourth-order valence-corrected chi connectivity index (χ4v) is 1.86. The van der Waals surface area contributed by atoms with Crippen molar-refractivity contribution < 1.29 is 9.47 Å². The van der Waals surface area contributed by atoms with Gasteiger partial charge < -0.3 is 9.47 Å². The summed E-state index contributed by atoms with van der Waals surface area (Å²) in [5, 5.41) is 0. The van der Waals surface area contributed by atoms with Crippen molar-refractivity contribution in [1.82, 2.24) is 0 Å². The van der Waals surface area contributed by atoms with Gasteiger partial charge in [-0.15, -0.1) is 0 Å². The number of rotatable bonds is 8. The van der Waals surface area contributed by atoms with Gasteiger partial charge >= 0.3 is 0 Å². The molecule has 0 radical (unpaired) electrons. The normalized spacial score (nSPS) is 14.6. The summed E-state index contributed by atoms with van der Waals surface area (Å²) >= 11 is 0. The van der Waals surface area contributed by atoms with Crippen LogP contribution < -0.4 is 0 Å². The molecule has 2 heteroatoms. The monoisotopic (exact) mass is 216 g/mol. The van der Waals surface area contributed by atoms with Crippen molar-refractivity contribution in [3.05, 3.63) is 0 Å². The molecule has 0 saturated heterocycles. The Labute approximate surface area is 95.3 Å². The molecule has 0 unspecified atom stereocenters. The molecule has 0 aromatic rings. The van der Waals surface area contributed by atoms with Gasteiger partial charge in [0.2, 0.25) is 0 Å². The average Bonchev–Trinajstić information content (AvgIpc) is 2.17. The summed E-state index contributed by atoms with van der Waals surface area (Å²) in [6.45, 7) is 8.83. The molecule has 0 saturated carbocycles. The smallest absolute Gasteiger partial charge is 0.165 e. The van der Waals surface area contributed by atoms with E-state index in [1.54, 1.807) is 14.2 Å². The standard InChI is InChI=1S/C13H28O2/c1-11(2)8-7-9-12(3)10-13(4,14-5)15-6/h11-12H,7-10H2,1-6H3/t12-/m1/s1. The fourth-order valence-electron chi connectivity index (χ4n) is 1.86. The van der Waals surface area contributed by atoms with Gasteiger partial charge in [-0.1, -0.05) is 40.0 Å². The Balaban J connectivity index is 3.76. The Bertz CT molecular complexity index is 151. The summed E-state index contributed by atoms with van der Waals surface area (Å²) in [6, 6.07) is 0. The third-order valence-corrected chi connectivity index (χ3v) is 3.06. The number of hydrogen-bond acceptors (Lipinski definition) is 2. The zero-order chi connectivity index (χ0) is 11.9. The van der Waals surface area contributed by atoms with Gasteiger partial charge in [0, 0.05) is 20.6 Å². The highest BCUT2D eigenvalue weighted by Gasteiger charge is 2.25. The maximum absolute atomic E-state index is 5.36. The Hall–Kier alpha value is -0.0800. The second-order valence-corrected chi connectivity index (χ2v) is 5.18. The summed E-state index contributed by atoms with van der Waals surface area (Å²) in [5.41, 5.74) is 0. The maximum Gasteiger partial charge on any atom is 0.165 e. The molecule has 0 bridgehead atoms. The lowest BCUT2D eigenvalue weighted by molar-refractivity contribution is -0.203. The van der Waals surface area contributed by atoms with E-state index in [1.807, 2.05) is 6.92 Å². The highest BCUT2D eigenvalue weighted by atomic mass is 16.7. The highest BCUT2D eigenvalue weighted by molar-refractivity contribution is 4.67. The lowest BCUT2D eigenvalue weighted by atomic mass is 9.94. The maximum atomic E-state index is 5.36. The SMILES string of the molecule is COC(C)(C[C@H](C)CCCC(C)C)OC. The van der Waals surface area contributed by atoms with Crippen molar-refractivity contribution in [3.8, 4) is 0 Å². The first-order valence-electron chi connectivity index (χ1n) is 6.04. The predicted molar refractivity (Wildman–Crippen MR) is 64.9 cm³/mol. The summed E-state index contributed by atoms with van der Waals surface area (Å²) < 4.78 is 10.7. The largest absolute Gasteiger partial charge is 0.353 e. The molecule has 0 rings (SSSR count). The van der Waals surface area contributed by atoms with Crippen molar-refractivity contribution >= 4 is 0 Å². The van der Waals surface area contributed by atoms with Crippen molar-refractivity contribution in [1.29, 1.82) is 0 Å². The molecular weight excluding hydrogens is 188 g/mol. The van der Waals surface area contributed by atoms with Crippen LogP contribution in [0, 0.1) is 11.8 Å². The van der Waals surface area contributed by atoms with Crippen LogP contribution in [0.4, 0.5) is 0 Å². The number of hydrogen-bond donors (Lipinski definition) is 0. The van der Waals surface area contributed by atoms with E-state index in [9.17, 15) is 0 Å². The lowest BCUT2D eigenvalue weighted by Crippen LogP contribution is -2.31. The fraction of sp³-hybridized carbons (Fsp3) is 1.00. The Morgan fingerprint density at radius 3 is 1.93 bits per heavy atom. The number of ether oxygens (including phenoxy) is 2. The molecular formula is C13H28O2. The van der Waals surface area contributed by atoms with E-state index in [0.29, 0.717) is 5.92 Å². The molecule has 0 aromatic heterocycles. The van der Waals surface area contributed by atoms with Gasteiger partial charge in [-0.25, -0.2) is 0 Å². The molecule has 0 fully saturated rings. The van der Waals surface area contributed by atoms with Crippen LogP contribution in [0.25, 0.3) is 0 Å². The van der Waals surface area contributed by atoms with Gasteiger partial charge in [-0.05, 0) is 18.8 Å². The summed E-state index contributed by atoms with van der Waals surface area (Å²) in [4.78, 5) is 0. The molecule has 1 atom stereocenters. The van der Waals surface area contributed by atoms with E-state index in [0.717, 1.165) is 12.3 Å². The van der Waals surface area contributed by atoms with Gasteiger partial charge in [0.15, 0.2) is 5.79 Å². The Morgan fingerprint density at radius 1 is 1.00 bits per heavy atom. The topological polar surface area (TPSA) is 18.5 Å². The minimum Gasteiger partial charge on any atom is -0.353 e. The molecule has 0 aliphatic heterocycles. The van der Waals surface area contributed by atoms with E-state index in [4.69, 9.17) is 9.47 Å². The molecule has 0 aliphatic rings. The minimum atomic E-state index is -0.406. The van der Waals surface area contributed by atoms with Gasteiger partial charge in [-0.2, -0.15) is 0 Å². The van der Waals surface area contributed by atoms with Crippen LogP contribution in [0.2, 0.25) is 0 Å². The summed E-state index contributed by atoms with van der Waals surface area (Å²) in [5.74, 6) is 1.07. The molecule has 0 aromatic carbocycles. The van der Waals surface area contributed by atoms with E-state index < -0.39 is 5.79 Å². The van der Waals surface area contributed by atoms with E-state index in [-0.39, 0.29) is 0 Å². The number of methoxy groups -OCH3 is 2. The van der Waals surface area contributed by atoms with Crippen LogP contribution in [0.1, 0.15) is 53.4 Å². The van der Waals surface area contributed by atoms with Gasteiger partial charge in [0.05, 0.1) is 0 Å².